The average molecular weight is 343 g/mol. The topological polar surface area (TPSA) is 69.7 Å². The van der Waals surface area contributed by atoms with E-state index in [1.807, 2.05) is 0 Å². The van der Waals surface area contributed by atoms with Gasteiger partial charge in [-0.05, 0) is 26.0 Å². The van der Waals surface area contributed by atoms with Gasteiger partial charge in [-0.2, -0.15) is 0 Å². The highest BCUT2D eigenvalue weighted by Crippen LogP contribution is 2.16. The van der Waals surface area contributed by atoms with Crippen LogP contribution in [0.25, 0.3) is 0 Å². The molecule has 0 N–H and O–H groups in total. The number of esters is 2. The molecule has 6 heteroatoms. The number of Topliss-reactive ketones (excluding diaryl/α,β-unsaturated/α-hetero) is 1. The van der Waals surface area contributed by atoms with Crippen LogP contribution in [0.4, 0.5) is 0 Å². The maximum absolute atomic E-state index is 12.3. The molecule has 0 spiro atoms. The fourth-order valence-electron chi connectivity index (χ4n) is 1.54. The molecule has 1 aromatic rings. The lowest BCUT2D eigenvalue weighted by atomic mass is 9.98. The van der Waals surface area contributed by atoms with E-state index >= 15 is 0 Å². The van der Waals surface area contributed by atoms with Crippen LogP contribution in [0.3, 0.4) is 0 Å². The highest BCUT2D eigenvalue weighted by molar-refractivity contribution is 9.10. The molecule has 0 unspecified atom stereocenters. The third kappa shape index (κ3) is 4.16. The van der Waals surface area contributed by atoms with Crippen molar-refractivity contribution in [1.82, 2.24) is 0 Å². The first-order valence-electron chi connectivity index (χ1n) is 6.14. The predicted molar refractivity (Wildman–Crippen MR) is 75.2 cm³/mol. The van der Waals surface area contributed by atoms with Crippen molar-refractivity contribution in [1.29, 1.82) is 0 Å². The molecule has 0 atom stereocenters. The summed E-state index contributed by atoms with van der Waals surface area (Å²) in [6, 6.07) is 6.36. The van der Waals surface area contributed by atoms with E-state index in [-0.39, 0.29) is 18.8 Å². The Kier molecular flexibility index (Phi) is 6.38. The zero-order valence-corrected chi connectivity index (χ0v) is 12.8. The van der Waals surface area contributed by atoms with Gasteiger partial charge < -0.3 is 9.47 Å². The Balaban J connectivity index is 3.03. The van der Waals surface area contributed by atoms with Gasteiger partial charge in [0.05, 0.1) is 13.2 Å². The second-order valence-corrected chi connectivity index (χ2v) is 4.72. The van der Waals surface area contributed by atoms with Crippen LogP contribution >= 0.6 is 15.9 Å². The summed E-state index contributed by atoms with van der Waals surface area (Å²) in [5.74, 6) is -3.98. The summed E-state index contributed by atoms with van der Waals surface area (Å²) < 4.78 is 10.3. The van der Waals surface area contributed by atoms with Crippen molar-refractivity contribution in [2.75, 3.05) is 13.2 Å². The summed E-state index contributed by atoms with van der Waals surface area (Å²) in [6.45, 7) is 3.37. The van der Waals surface area contributed by atoms with E-state index in [2.05, 4.69) is 15.9 Å². The summed E-state index contributed by atoms with van der Waals surface area (Å²) in [4.78, 5) is 35.8. The van der Waals surface area contributed by atoms with Gasteiger partial charge in [0.2, 0.25) is 5.92 Å². The fraction of sp³-hybridized carbons (Fsp3) is 0.357. The van der Waals surface area contributed by atoms with Crippen molar-refractivity contribution in [3.05, 3.63) is 34.3 Å². The van der Waals surface area contributed by atoms with Crippen LogP contribution in [-0.2, 0) is 19.1 Å². The number of rotatable bonds is 6. The number of benzene rings is 1. The van der Waals surface area contributed by atoms with Crippen LogP contribution in [0, 0.1) is 5.92 Å². The minimum absolute atomic E-state index is 0.0857. The lowest BCUT2D eigenvalue weighted by molar-refractivity contribution is -0.158. The number of halogens is 1. The Morgan fingerprint density at radius 1 is 1.00 bits per heavy atom. The highest BCUT2D eigenvalue weighted by Gasteiger charge is 2.37. The van der Waals surface area contributed by atoms with Crippen molar-refractivity contribution < 1.29 is 23.9 Å². The molecular weight excluding hydrogens is 328 g/mol. The largest absolute Gasteiger partial charge is 0.465 e. The van der Waals surface area contributed by atoms with Gasteiger partial charge in [-0.1, -0.05) is 28.1 Å². The summed E-state index contributed by atoms with van der Waals surface area (Å²) in [6.07, 6.45) is 0. The molecule has 0 saturated carbocycles. The number of carbonyl (C=O) groups is 3. The molecule has 108 valence electrons. The number of ketones is 1. The van der Waals surface area contributed by atoms with Crippen LogP contribution in [0.1, 0.15) is 24.2 Å². The van der Waals surface area contributed by atoms with Crippen molar-refractivity contribution >= 4 is 33.7 Å². The molecule has 0 bridgehead atoms. The van der Waals surface area contributed by atoms with Gasteiger partial charge >= 0.3 is 11.9 Å². The lowest BCUT2D eigenvalue weighted by Crippen LogP contribution is -2.35. The molecule has 0 heterocycles. The first kappa shape index (κ1) is 16.4. The van der Waals surface area contributed by atoms with Gasteiger partial charge in [0.1, 0.15) is 0 Å². The Morgan fingerprint density at radius 3 is 1.85 bits per heavy atom. The molecule has 0 saturated heterocycles. The van der Waals surface area contributed by atoms with Crippen LogP contribution < -0.4 is 0 Å². The minimum Gasteiger partial charge on any atom is -0.465 e. The maximum Gasteiger partial charge on any atom is 0.328 e. The molecule has 20 heavy (non-hydrogen) atoms. The Bertz CT molecular complexity index is 477. The van der Waals surface area contributed by atoms with E-state index in [1.165, 1.54) is 12.1 Å². The van der Waals surface area contributed by atoms with E-state index < -0.39 is 23.6 Å². The maximum atomic E-state index is 12.3. The summed E-state index contributed by atoms with van der Waals surface area (Å²) in [7, 11) is 0. The van der Waals surface area contributed by atoms with Crippen LogP contribution in [0.2, 0.25) is 0 Å². The zero-order chi connectivity index (χ0) is 15.1. The molecule has 0 amide bonds. The SMILES string of the molecule is CCOC(=O)C(C(=O)OCC)C(=O)c1ccc(Br)cc1. The van der Waals surface area contributed by atoms with Gasteiger partial charge in [0.15, 0.2) is 5.78 Å². The lowest BCUT2D eigenvalue weighted by Gasteiger charge is -2.13. The third-order valence-electron chi connectivity index (χ3n) is 2.44. The molecule has 1 aromatic carbocycles. The molecule has 0 aromatic heterocycles. The predicted octanol–water partition coefficient (Wildman–Crippen LogP) is 2.37. The number of hydrogen-bond acceptors (Lipinski definition) is 5. The van der Waals surface area contributed by atoms with Gasteiger partial charge in [0, 0.05) is 10.0 Å². The fourth-order valence-corrected chi connectivity index (χ4v) is 1.81. The third-order valence-corrected chi connectivity index (χ3v) is 2.96. The monoisotopic (exact) mass is 342 g/mol. The molecule has 0 fully saturated rings. The van der Waals surface area contributed by atoms with E-state index in [4.69, 9.17) is 9.47 Å². The molecule has 0 radical (unpaired) electrons. The Labute approximate surface area is 125 Å². The van der Waals surface area contributed by atoms with Crippen LogP contribution in [0.5, 0.6) is 0 Å². The summed E-state index contributed by atoms with van der Waals surface area (Å²) in [5.41, 5.74) is 0.249. The number of hydrogen-bond donors (Lipinski definition) is 0. The highest BCUT2D eigenvalue weighted by atomic mass is 79.9. The Hall–Kier alpha value is -1.69. The molecule has 5 nitrogen and oxygen atoms in total. The average Bonchev–Trinajstić information content (AvgIpc) is 2.40. The quantitative estimate of drug-likeness (QED) is 0.451. The van der Waals surface area contributed by atoms with Crippen molar-refractivity contribution in [2.24, 2.45) is 5.92 Å². The zero-order valence-electron chi connectivity index (χ0n) is 11.2. The standard InChI is InChI=1S/C14H15BrO5/c1-3-19-13(17)11(14(18)20-4-2)12(16)9-5-7-10(15)8-6-9/h5-8,11H,3-4H2,1-2H3. The van der Waals surface area contributed by atoms with Gasteiger partial charge in [-0.25, -0.2) is 0 Å². The molecular formula is C14H15BrO5. The Morgan fingerprint density at radius 2 is 1.45 bits per heavy atom. The first-order chi connectivity index (χ1) is 9.51. The van der Waals surface area contributed by atoms with Crippen LogP contribution in [-0.4, -0.2) is 30.9 Å². The van der Waals surface area contributed by atoms with Crippen molar-refractivity contribution in [3.8, 4) is 0 Å². The molecule has 1 rings (SSSR count). The number of carbonyl (C=O) groups excluding carboxylic acids is 3. The molecule has 0 aliphatic heterocycles. The number of ether oxygens (including phenoxy) is 2. The van der Waals surface area contributed by atoms with E-state index in [9.17, 15) is 14.4 Å². The van der Waals surface area contributed by atoms with Gasteiger partial charge in [-0.15, -0.1) is 0 Å². The van der Waals surface area contributed by atoms with E-state index in [0.29, 0.717) is 0 Å². The minimum atomic E-state index is -1.57. The van der Waals surface area contributed by atoms with Crippen LogP contribution in [0.15, 0.2) is 28.7 Å². The van der Waals surface area contributed by atoms with E-state index in [1.54, 1.807) is 26.0 Å². The summed E-state index contributed by atoms with van der Waals surface area (Å²) >= 11 is 3.24. The van der Waals surface area contributed by atoms with Crippen molar-refractivity contribution in [3.63, 3.8) is 0 Å². The van der Waals surface area contributed by atoms with Crippen molar-refractivity contribution in [2.45, 2.75) is 13.8 Å². The second kappa shape index (κ2) is 7.79. The smallest absolute Gasteiger partial charge is 0.328 e. The summed E-state index contributed by atoms with van der Waals surface area (Å²) in [5, 5.41) is 0. The van der Waals surface area contributed by atoms with Gasteiger partial charge in [-0.3, -0.25) is 14.4 Å². The second-order valence-electron chi connectivity index (χ2n) is 3.81. The van der Waals surface area contributed by atoms with Gasteiger partial charge in [0.25, 0.3) is 0 Å². The normalized spacial score (nSPS) is 10.2. The molecule has 0 aliphatic carbocycles. The molecule has 0 aliphatic rings. The van der Waals surface area contributed by atoms with E-state index in [0.717, 1.165) is 4.47 Å². The first-order valence-corrected chi connectivity index (χ1v) is 6.93.